The van der Waals surface area contributed by atoms with Gasteiger partial charge in [0.1, 0.15) is 23.8 Å². The van der Waals surface area contributed by atoms with Crippen molar-refractivity contribution in [1.29, 1.82) is 0 Å². The number of hydrogen-bond acceptors (Lipinski definition) is 6. The average Bonchev–Trinajstić information content (AvgIpc) is 2.67. The van der Waals surface area contributed by atoms with Crippen LogP contribution in [0.15, 0.2) is 36.7 Å². The predicted octanol–water partition coefficient (Wildman–Crippen LogP) is 3.18. The summed E-state index contributed by atoms with van der Waals surface area (Å²) in [5, 5.41) is 1.11. The topological polar surface area (TPSA) is 58.0 Å². The third-order valence-corrected chi connectivity index (χ3v) is 4.80. The summed E-state index contributed by atoms with van der Waals surface area (Å²) in [6.07, 6.45) is 1.66. The van der Waals surface area contributed by atoms with Crippen molar-refractivity contribution in [3.05, 3.63) is 48.2 Å². The standard InChI is InChI=1S/C20H24N6/c1-14(2)19-23-15(3)12-18(24-19)25-8-10-26(11-9-25)20-16-6-4-5-7-17(16)21-13-22-20/h4-7,12-14H,8-11H2,1-3H3. The van der Waals surface area contributed by atoms with Gasteiger partial charge >= 0.3 is 0 Å². The van der Waals surface area contributed by atoms with Gasteiger partial charge in [-0.05, 0) is 19.1 Å². The van der Waals surface area contributed by atoms with Gasteiger partial charge in [-0.15, -0.1) is 0 Å². The maximum Gasteiger partial charge on any atom is 0.140 e. The second-order valence-corrected chi connectivity index (χ2v) is 7.07. The Balaban J connectivity index is 1.54. The normalized spacial score (nSPS) is 15.1. The van der Waals surface area contributed by atoms with Crippen molar-refractivity contribution in [2.24, 2.45) is 0 Å². The Morgan fingerprint density at radius 1 is 0.923 bits per heavy atom. The molecule has 1 saturated heterocycles. The van der Waals surface area contributed by atoms with Crippen molar-refractivity contribution < 1.29 is 0 Å². The van der Waals surface area contributed by atoms with Crippen molar-refractivity contribution in [1.82, 2.24) is 19.9 Å². The molecule has 0 radical (unpaired) electrons. The Morgan fingerprint density at radius 2 is 1.65 bits per heavy atom. The van der Waals surface area contributed by atoms with Gasteiger partial charge in [0.2, 0.25) is 0 Å². The molecular formula is C20H24N6. The summed E-state index contributed by atoms with van der Waals surface area (Å²) in [6.45, 7) is 9.99. The lowest BCUT2D eigenvalue weighted by Gasteiger charge is -2.36. The highest BCUT2D eigenvalue weighted by molar-refractivity contribution is 5.89. The van der Waals surface area contributed by atoms with E-state index in [0.717, 1.165) is 60.2 Å². The van der Waals surface area contributed by atoms with Crippen molar-refractivity contribution in [3.8, 4) is 0 Å². The molecule has 0 spiro atoms. The van der Waals surface area contributed by atoms with E-state index < -0.39 is 0 Å². The fraction of sp³-hybridized carbons (Fsp3) is 0.400. The van der Waals surface area contributed by atoms with Gasteiger partial charge < -0.3 is 9.80 Å². The van der Waals surface area contributed by atoms with Crippen LogP contribution in [-0.4, -0.2) is 46.1 Å². The van der Waals surface area contributed by atoms with Crippen molar-refractivity contribution in [2.75, 3.05) is 36.0 Å². The molecule has 6 nitrogen and oxygen atoms in total. The molecule has 26 heavy (non-hydrogen) atoms. The highest BCUT2D eigenvalue weighted by Gasteiger charge is 2.21. The van der Waals surface area contributed by atoms with Gasteiger partial charge in [0.05, 0.1) is 5.52 Å². The van der Waals surface area contributed by atoms with Crippen LogP contribution >= 0.6 is 0 Å². The van der Waals surface area contributed by atoms with Gasteiger partial charge in [0, 0.05) is 49.2 Å². The zero-order chi connectivity index (χ0) is 18.1. The Morgan fingerprint density at radius 3 is 2.42 bits per heavy atom. The second kappa shape index (κ2) is 6.86. The molecule has 0 N–H and O–H groups in total. The van der Waals surface area contributed by atoms with E-state index in [1.165, 1.54) is 0 Å². The molecule has 1 aliphatic heterocycles. The molecule has 2 aromatic heterocycles. The lowest BCUT2D eigenvalue weighted by molar-refractivity contribution is 0.637. The van der Waals surface area contributed by atoms with E-state index >= 15 is 0 Å². The number of benzene rings is 1. The quantitative estimate of drug-likeness (QED) is 0.724. The third-order valence-electron chi connectivity index (χ3n) is 4.80. The minimum atomic E-state index is 0.335. The average molecular weight is 348 g/mol. The lowest BCUT2D eigenvalue weighted by Crippen LogP contribution is -2.47. The van der Waals surface area contributed by atoms with E-state index in [-0.39, 0.29) is 0 Å². The molecule has 0 unspecified atom stereocenters. The van der Waals surface area contributed by atoms with Gasteiger partial charge in [-0.1, -0.05) is 26.0 Å². The zero-order valence-electron chi connectivity index (χ0n) is 15.6. The minimum absolute atomic E-state index is 0.335. The van der Waals surface area contributed by atoms with Crippen molar-refractivity contribution in [2.45, 2.75) is 26.7 Å². The molecule has 6 heteroatoms. The monoisotopic (exact) mass is 348 g/mol. The first-order chi connectivity index (χ1) is 12.6. The zero-order valence-corrected chi connectivity index (χ0v) is 15.6. The van der Waals surface area contributed by atoms with Crippen molar-refractivity contribution in [3.63, 3.8) is 0 Å². The molecule has 0 atom stereocenters. The summed E-state index contributed by atoms with van der Waals surface area (Å²) >= 11 is 0. The molecule has 1 aliphatic rings. The van der Waals surface area contributed by atoms with Crippen LogP contribution in [0.5, 0.6) is 0 Å². The molecule has 134 valence electrons. The van der Waals surface area contributed by atoms with E-state index in [1.807, 2.05) is 25.1 Å². The number of aryl methyl sites for hydroxylation is 1. The minimum Gasteiger partial charge on any atom is -0.353 e. The molecule has 3 heterocycles. The molecule has 0 amide bonds. The fourth-order valence-corrected chi connectivity index (χ4v) is 3.38. The summed E-state index contributed by atoms with van der Waals surface area (Å²) in [5.74, 6) is 3.32. The molecule has 0 bridgehead atoms. The van der Waals surface area contributed by atoms with Gasteiger partial charge in [0.25, 0.3) is 0 Å². The van der Waals surface area contributed by atoms with Gasteiger partial charge in [-0.25, -0.2) is 19.9 Å². The maximum absolute atomic E-state index is 4.78. The number of rotatable bonds is 3. The molecule has 0 saturated carbocycles. The number of para-hydroxylation sites is 1. The van der Waals surface area contributed by atoms with E-state index in [4.69, 9.17) is 4.98 Å². The number of nitrogens with zero attached hydrogens (tertiary/aromatic N) is 6. The molecule has 1 fully saturated rings. The van der Waals surface area contributed by atoms with Gasteiger partial charge in [-0.3, -0.25) is 0 Å². The van der Waals surface area contributed by atoms with Crippen LogP contribution in [0.4, 0.5) is 11.6 Å². The van der Waals surface area contributed by atoms with Crippen LogP contribution in [0.1, 0.15) is 31.3 Å². The van der Waals surface area contributed by atoms with Crippen LogP contribution in [-0.2, 0) is 0 Å². The number of hydrogen-bond donors (Lipinski definition) is 0. The summed E-state index contributed by atoms with van der Waals surface area (Å²) in [7, 11) is 0. The first kappa shape index (κ1) is 16.7. The summed E-state index contributed by atoms with van der Waals surface area (Å²) in [4.78, 5) is 22.9. The molecule has 3 aromatic rings. The predicted molar refractivity (Wildman–Crippen MR) is 105 cm³/mol. The molecule has 0 aliphatic carbocycles. The van der Waals surface area contributed by atoms with E-state index in [0.29, 0.717) is 5.92 Å². The summed E-state index contributed by atoms with van der Waals surface area (Å²) < 4.78 is 0. The smallest absolute Gasteiger partial charge is 0.140 e. The van der Waals surface area contributed by atoms with E-state index in [9.17, 15) is 0 Å². The Labute approximate surface area is 153 Å². The first-order valence-corrected chi connectivity index (χ1v) is 9.17. The number of piperazine rings is 1. The Hall–Kier alpha value is -2.76. The summed E-state index contributed by atoms with van der Waals surface area (Å²) in [5.41, 5.74) is 2.02. The maximum atomic E-state index is 4.78. The van der Waals surface area contributed by atoms with Crippen LogP contribution in [0.2, 0.25) is 0 Å². The SMILES string of the molecule is Cc1cc(N2CCN(c3ncnc4ccccc34)CC2)nc(C(C)C)n1. The van der Waals surface area contributed by atoms with Crippen LogP contribution in [0.25, 0.3) is 10.9 Å². The molecule has 4 rings (SSSR count). The van der Waals surface area contributed by atoms with Gasteiger partial charge in [0.15, 0.2) is 0 Å². The first-order valence-electron chi connectivity index (χ1n) is 9.17. The van der Waals surface area contributed by atoms with Crippen LogP contribution in [0, 0.1) is 6.92 Å². The lowest BCUT2D eigenvalue weighted by atomic mass is 10.2. The number of fused-ring (bicyclic) bond motifs is 1. The van der Waals surface area contributed by atoms with Crippen molar-refractivity contribution >= 4 is 22.5 Å². The Bertz CT molecular complexity index is 910. The number of anilines is 2. The van der Waals surface area contributed by atoms with Crippen LogP contribution in [0.3, 0.4) is 0 Å². The highest BCUT2D eigenvalue weighted by Crippen LogP contribution is 2.25. The Kier molecular flexibility index (Phi) is 4.41. The van der Waals surface area contributed by atoms with E-state index in [1.54, 1.807) is 6.33 Å². The number of aromatic nitrogens is 4. The van der Waals surface area contributed by atoms with Crippen LogP contribution < -0.4 is 9.80 Å². The third kappa shape index (κ3) is 3.19. The second-order valence-electron chi connectivity index (χ2n) is 7.07. The fourth-order valence-electron chi connectivity index (χ4n) is 3.38. The summed E-state index contributed by atoms with van der Waals surface area (Å²) in [6, 6.07) is 10.3. The largest absolute Gasteiger partial charge is 0.353 e. The molecule has 1 aromatic carbocycles. The van der Waals surface area contributed by atoms with E-state index in [2.05, 4.69) is 50.7 Å². The van der Waals surface area contributed by atoms with Gasteiger partial charge in [-0.2, -0.15) is 0 Å². The molecular weight excluding hydrogens is 324 g/mol. The highest BCUT2D eigenvalue weighted by atomic mass is 15.3.